The molecular formula is C32H43N5O2. The summed E-state index contributed by atoms with van der Waals surface area (Å²) in [7, 11) is 4.26. The lowest BCUT2D eigenvalue weighted by molar-refractivity contribution is -0.138. The number of aromatic nitrogens is 1. The number of piperazine rings is 1. The first-order valence-electron chi connectivity index (χ1n) is 14.5. The molecule has 2 aliphatic rings. The van der Waals surface area contributed by atoms with E-state index in [4.69, 9.17) is 4.74 Å². The second-order valence-electron chi connectivity index (χ2n) is 11.2. The minimum absolute atomic E-state index is 0.0707. The molecule has 1 unspecified atom stereocenters. The summed E-state index contributed by atoms with van der Waals surface area (Å²) < 4.78 is 6.05. The summed E-state index contributed by atoms with van der Waals surface area (Å²) in [4.78, 5) is 26.6. The summed E-state index contributed by atoms with van der Waals surface area (Å²) in [6, 6.07) is 19.1. The summed E-state index contributed by atoms with van der Waals surface area (Å²) in [5, 5.41) is 1.18. The van der Waals surface area contributed by atoms with E-state index >= 15 is 0 Å². The van der Waals surface area contributed by atoms with Gasteiger partial charge < -0.3 is 9.64 Å². The highest BCUT2D eigenvalue weighted by Crippen LogP contribution is 2.19. The maximum absolute atomic E-state index is 13.1. The highest BCUT2D eigenvalue weighted by Gasteiger charge is 2.30. The Balaban J connectivity index is 1.01. The largest absolute Gasteiger partial charge is 0.492 e. The molecule has 1 aromatic heterocycles. The summed E-state index contributed by atoms with van der Waals surface area (Å²) in [6.45, 7) is 7.84. The van der Waals surface area contributed by atoms with Crippen molar-refractivity contribution in [2.75, 3.05) is 60.0 Å². The number of hydrogen-bond donors (Lipinski definition) is 0. The zero-order chi connectivity index (χ0) is 27.0. The highest BCUT2D eigenvalue weighted by atomic mass is 16.5. The average molecular weight is 530 g/mol. The van der Waals surface area contributed by atoms with Crippen LogP contribution in [0.25, 0.3) is 10.9 Å². The van der Waals surface area contributed by atoms with Crippen LogP contribution in [-0.4, -0.2) is 96.5 Å². The monoisotopic (exact) mass is 529 g/mol. The van der Waals surface area contributed by atoms with E-state index in [2.05, 4.69) is 87.2 Å². The number of carbonyl (C=O) groups is 1. The summed E-state index contributed by atoms with van der Waals surface area (Å²) in [5.41, 5.74) is 3.60. The van der Waals surface area contributed by atoms with Crippen molar-refractivity contribution in [2.24, 2.45) is 0 Å². The van der Waals surface area contributed by atoms with Crippen LogP contribution in [0.3, 0.4) is 0 Å². The molecule has 7 heteroatoms. The Kier molecular flexibility index (Phi) is 9.45. The number of rotatable bonds is 9. The summed E-state index contributed by atoms with van der Waals surface area (Å²) in [5.74, 6) is 1.24. The van der Waals surface area contributed by atoms with E-state index in [0.29, 0.717) is 12.5 Å². The van der Waals surface area contributed by atoms with Gasteiger partial charge in [0.25, 0.3) is 0 Å². The Hall–Kier alpha value is -3.00. The maximum atomic E-state index is 13.1. The van der Waals surface area contributed by atoms with Crippen molar-refractivity contribution in [3.8, 4) is 5.75 Å². The number of amides is 1. The van der Waals surface area contributed by atoms with Crippen molar-refractivity contribution in [1.29, 1.82) is 0 Å². The summed E-state index contributed by atoms with van der Waals surface area (Å²) in [6.07, 6.45) is 6.45. The van der Waals surface area contributed by atoms with Crippen LogP contribution in [0.15, 0.2) is 60.8 Å². The van der Waals surface area contributed by atoms with Crippen LogP contribution < -0.4 is 4.74 Å². The number of fused-ring (bicyclic) bond motifs is 1. The molecule has 2 fully saturated rings. The van der Waals surface area contributed by atoms with Gasteiger partial charge in [0, 0.05) is 57.4 Å². The SMILES string of the molecule is CN(Cc1ccc(OCCN2CCN(C(=O)C3CCCCCN3C)CC2)cc1)Cc1ccc2ncccc2c1. The van der Waals surface area contributed by atoms with Crippen LogP contribution in [-0.2, 0) is 17.9 Å². The van der Waals surface area contributed by atoms with Gasteiger partial charge in [0.1, 0.15) is 12.4 Å². The van der Waals surface area contributed by atoms with Crippen molar-refractivity contribution in [3.63, 3.8) is 0 Å². The van der Waals surface area contributed by atoms with Gasteiger partial charge in [-0.1, -0.05) is 37.1 Å². The third-order valence-corrected chi connectivity index (χ3v) is 8.16. The van der Waals surface area contributed by atoms with E-state index in [1.807, 2.05) is 12.3 Å². The molecule has 7 nitrogen and oxygen atoms in total. The Morgan fingerprint density at radius 1 is 0.949 bits per heavy atom. The second-order valence-corrected chi connectivity index (χ2v) is 11.2. The van der Waals surface area contributed by atoms with Crippen molar-refractivity contribution >= 4 is 16.8 Å². The van der Waals surface area contributed by atoms with Crippen molar-refractivity contribution in [2.45, 2.75) is 44.8 Å². The fraction of sp³-hybridized carbons (Fsp3) is 0.500. The predicted octanol–water partition coefficient (Wildman–Crippen LogP) is 4.26. The number of ether oxygens (including phenoxy) is 1. The molecule has 2 aliphatic heterocycles. The first kappa shape index (κ1) is 27.6. The van der Waals surface area contributed by atoms with Crippen LogP contribution in [0.2, 0.25) is 0 Å². The van der Waals surface area contributed by atoms with Gasteiger partial charge in [-0.25, -0.2) is 0 Å². The van der Waals surface area contributed by atoms with Crippen molar-refractivity contribution in [3.05, 3.63) is 71.9 Å². The molecule has 3 aromatic rings. The number of carbonyl (C=O) groups excluding carboxylic acids is 1. The van der Waals surface area contributed by atoms with Crippen LogP contribution >= 0.6 is 0 Å². The number of benzene rings is 2. The number of hydrogen-bond acceptors (Lipinski definition) is 6. The second kappa shape index (κ2) is 13.4. The molecule has 2 saturated heterocycles. The Morgan fingerprint density at radius 3 is 2.54 bits per heavy atom. The fourth-order valence-electron chi connectivity index (χ4n) is 5.85. The standard InChI is InChI=1S/C32H43N5O2/c1-34(25-27-11-14-30-28(23-27)7-6-15-33-30)24-26-9-12-29(13-10-26)39-22-21-36-17-19-37(20-18-36)32(38)31-8-4-3-5-16-35(31)2/h6-7,9-15,23,31H,3-5,8,16-22,24-25H2,1-2H3. The Labute approximate surface area is 233 Å². The van der Waals surface area contributed by atoms with Crippen molar-refractivity contribution < 1.29 is 9.53 Å². The molecule has 1 atom stereocenters. The van der Waals surface area contributed by atoms with Gasteiger partial charge in [-0.15, -0.1) is 0 Å². The molecule has 2 aromatic carbocycles. The third-order valence-electron chi connectivity index (χ3n) is 8.16. The van der Waals surface area contributed by atoms with Crippen LogP contribution in [0.4, 0.5) is 0 Å². The van der Waals surface area contributed by atoms with Gasteiger partial charge >= 0.3 is 0 Å². The number of pyridine rings is 1. The minimum atomic E-state index is 0.0707. The minimum Gasteiger partial charge on any atom is -0.492 e. The first-order valence-corrected chi connectivity index (χ1v) is 14.5. The molecule has 0 saturated carbocycles. The van der Waals surface area contributed by atoms with E-state index in [0.717, 1.165) is 70.0 Å². The highest BCUT2D eigenvalue weighted by molar-refractivity contribution is 5.82. The van der Waals surface area contributed by atoms with Gasteiger partial charge in [-0.3, -0.25) is 24.5 Å². The first-order chi connectivity index (χ1) is 19.0. The van der Waals surface area contributed by atoms with Gasteiger partial charge in [0.05, 0.1) is 11.6 Å². The van der Waals surface area contributed by atoms with E-state index < -0.39 is 0 Å². The quantitative estimate of drug-likeness (QED) is 0.413. The lowest BCUT2D eigenvalue weighted by Crippen LogP contribution is -2.54. The maximum Gasteiger partial charge on any atom is 0.240 e. The van der Waals surface area contributed by atoms with Crippen LogP contribution in [0.5, 0.6) is 5.75 Å². The number of nitrogens with zero attached hydrogens (tertiary/aromatic N) is 5. The summed E-state index contributed by atoms with van der Waals surface area (Å²) >= 11 is 0. The number of likely N-dealkylation sites (tertiary alicyclic amines) is 1. The molecule has 1 amide bonds. The molecule has 0 radical (unpaired) electrons. The van der Waals surface area contributed by atoms with Gasteiger partial charge in [-0.2, -0.15) is 0 Å². The molecule has 208 valence electrons. The predicted molar refractivity (Wildman–Crippen MR) is 157 cm³/mol. The molecule has 0 aliphatic carbocycles. The smallest absolute Gasteiger partial charge is 0.240 e. The Bertz CT molecular complexity index is 1210. The lowest BCUT2D eigenvalue weighted by atomic mass is 10.1. The third kappa shape index (κ3) is 7.56. The molecule has 0 bridgehead atoms. The number of likely N-dealkylation sites (N-methyl/N-ethyl adjacent to an activating group) is 1. The molecule has 0 N–H and O–H groups in total. The van der Waals surface area contributed by atoms with E-state index in [-0.39, 0.29) is 6.04 Å². The van der Waals surface area contributed by atoms with Gasteiger partial charge in [0.15, 0.2) is 0 Å². The molecule has 39 heavy (non-hydrogen) atoms. The zero-order valence-corrected chi connectivity index (χ0v) is 23.6. The molecule has 3 heterocycles. The van der Waals surface area contributed by atoms with E-state index in [9.17, 15) is 4.79 Å². The van der Waals surface area contributed by atoms with E-state index in [1.165, 1.54) is 35.8 Å². The normalized spacial score (nSPS) is 19.4. The van der Waals surface area contributed by atoms with Crippen LogP contribution in [0, 0.1) is 0 Å². The van der Waals surface area contributed by atoms with Crippen LogP contribution in [0.1, 0.15) is 36.8 Å². The zero-order valence-electron chi connectivity index (χ0n) is 23.6. The van der Waals surface area contributed by atoms with E-state index in [1.54, 1.807) is 0 Å². The molecule has 0 spiro atoms. The topological polar surface area (TPSA) is 52.2 Å². The molecule has 5 rings (SSSR count). The lowest BCUT2D eigenvalue weighted by Gasteiger charge is -2.37. The van der Waals surface area contributed by atoms with Gasteiger partial charge in [-0.05, 0) is 74.9 Å². The van der Waals surface area contributed by atoms with Gasteiger partial charge in [0.2, 0.25) is 5.91 Å². The Morgan fingerprint density at radius 2 is 1.72 bits per heavy atom. The molecular weight excluding hydrogens is 486 g/mol. The fourth-order valence-corrected chi connectivity index (χ4v) is 5.85. The average Bonchev–Trinajstić information content (AvgIpc) is 3.18. The van der Waals surface area contributed by atoms with Crippen molar-refractivity contribution in [1.82, 2.24) is 24.6 Å².